The van der Waals surface area contributed by atoms with Gasteiger partial charge in [-0.1, -0.05) is 6.07 Å². The van der Waals surface area contributed by atoms with Crippen molar-refractivity contribution in [3.8, 4) is 10.8 Å². The zero-order chi connectivity index (χ0) is 14.2. The normalized spacial score (nSPS) is 15.2. The predicted molar refractivity (Wildman–Crippen MR) is 74.6 cm³/mol. The molecule has 1 N–H and O–H groups in total. The molecule has 0 atom stereocenters. The van der Waals surface area contributed by atoms with E-state index in [2.05, 4.69) is 25.3 Å². The predicted octanol–water partition coefficient (Wildman–Crippen LogP) is 0.699. The molecule has 108 valence electrons. The molecule has 4 heterocycles. The van der Waals surface area contributed by atoms with Crippen molar-refractivity contribution in [1.29, 1.82) is 0 Å². The van der Waals surface area contributed by atoms with Crippen molar-refractivity contribution in [2.45, 2.75) is 19.6 Å². The van der Waals surface area contributed by atoms with Crippen LogP contribution in [0.2, 0.25) is 0 Å². The Labute approximate surface area is 123 Å². The van der Waals surface area contributed by atoms with Crippen molar-refractivity contribution in [3.05, 3.63) is 39.7 Å². The minimum atomic E-state index is -0.151. The van der Waals surface area contributed by atoms with E-state index in [-0.39, 0.29) is 5.69 Å². The van der Waals surface area contributed by atoms with Gasteiger partial charge in [0.2, 0.25) is 5.89 Å². The molecule has 0 spiro atoms. The van der Waals surface area contributed by atoms with Crippen molar-refractivity contribution in [3.63, 3.8) is 0 Å². The van der Waals surface area contributed by atoms with Crippen LogP contribution in [-0.2, 0) is 19.6 Å². The summed E-state index contributed by atoms with van der Waals surface area (Å²) in [6.07, 6.45) is 0. The van der Waals surface area contributed by atoms with Gasteiger partial charge in [-0.3, -0.25) is 9.47 Å². The molecule has 0 aromatic carbocycles. The molecule has 3 aromatic heterocycles. The number of nitrogens with one attached hydrogen (secondary N) is 1. The SMILES string of the molecule is O=c1[nH]nc2n1CCN(Cc1nnc(-c3cccs3)o1)C2. The minimum Gasteiger partial charge on any atom is -0.419 e. The zero-order valence-electron chi connectivity index (χ0n) is 11.0. The van der Waals surface area contributed by atoms with Crippen molar-refractivity contribution >= 4 is 11.3 Å². The van der Waals surface area contributed by atoms with Crippen molar-refractivity contribution < 1.29 is 4.42 Å². The molecule has 3 aromatic rings. The van der Waals surface area contributed by atoms with E-state index in [1.807, 2.05) is 17.5 Å². The summed E-state index contributed by atoms with van der Waals surface area (Å²) >= 11 is 1.57. The molecule has 0 radical (unpaired) electrons. The van der Waals surface area contributed by atoms with E-state index in [4.69, 9.17) is 4.42 Å². The number of aromatic amines is 1. The van der Waals surface area contributed by atoms with Gasteiger partial charge in [-0.15, -0.1) is 21.5 Å². The quantitative estimate of drug-likeness (QED) is 0.765. The molecular formula is C12H12N6O2S. The highest BCUT2D eigenvalue weighted by Gasteiger charge is 2.21. The molecule has 0 saturated heterocycles. The molecule has 1 aliphatic rings. The first-order valence-corrected chi connectivity index (χ1v) is 7.40. The van der Waals surface area contributed by atoms with Crippen molar-refractivity contribution in [2.75, 3.05) is 6.54 Å². The molecule has 9 heteroatoms. The van der Waals surface area contributed by atoms with Gasteiger partial charge in [-0.2, -0.15) is 5.10 Å². The van der Waals surface area contributed by atoms with Gasteiger partial charge in [-0.05, 0) is 11.4 Å². The number of aromatic nitrogens is 5. The Balaban J connectivity index is 1.49. The van der Waals surface area contributed by atoms with Crippen LogP contribution in [-0.4, -0.2) is 36.4 Å². The Hall–Kier alpha value is -2.26. The Morgan fingerprint density at radius 3 is 3.19 bits per heavy atom. The average Bonchev–Trinajstić information content (AvgIpc) is 3.20. The molecule has 8 nitrogen and oxygen atoms in total. The lowest BCUT2D eigenvalue weighted by atomic mass is 10.3. The Kier molecular flexibility index (Phi) is 2.93. The average molecular weight is 304 g/mol. The first kappa shape index (κ1) is 12.5. The Bertz CT molecular complexity index is 802. The molecule has 0 aliphatic carbocycles. The second kappa shape index (κ2) is 4.93. The summed E-state index contributed by atoms with van der Waals surface area (Å²) in [5, 5.41) is 16.6. The first-order valence-electron chi connectivity index (χ1n) is 6.52. The number of rotatable bonds is 3. The van der Waals surface area contributed by atoms with Gasteiger partial charge < -0.3 is 4.42 Å². The highest BCUT2D eigenvalue weighted by molar-refractivity contribution is 7.13. The van der Waals surface area contributed by atoms with Crippen molar-refractivity contribution in [1.82, 2.24) is 29.9 Å². The molecule has 1 aliphatic heterocycles. The lowest BCUT2D eigenvalue weighted by molar-refractivity contribution is 0.189. The third-order valence-corrected chi connectivity index (χ3v) is 4.26. The van der Waals surface area contributed by atoms with Gasteiger partial charge >= 0.3 is 5.69 Å². The van der Waals surface area contributed by atoms with Gasteiger partial charge in [0, 0.05) is 13.1 Å². The summed E-state index contributed by atoms with van der Waals surface area (Å²) in [5.41, 5.74) is -0.151. The molecule has 0 unspecified atom stereocenters. The fourth-order valence-corrected chi connectivity index (χ4v) is 3.01. The van der Waals surface area contributed by atoms with Crippen LogP contribution < -0.4 is 5.69 Å². The molecule has 21 heavy (non-hydrogen) atoms. The number of hydrogen-bond acceptors (Lipinski definition) is 7. The standard InChI is InChI=1S/C12H12N6O2S/c19-12-16-13-9-6-17(3-4-18(9)12)7-10-14-15-11(20-10)8-2-1-5-21-8/h1-2,5H,3-4,6-7H2,(H,16,19). The lowest BCUT2D eigenvalue weighted by Gasteiger charge is -2.24. The van der Waals surface area contributed by atoms with E-state index in [1.165, 1.54) is 0 Å². The third-order valence-electron chi connectivity index (χ3n) is 3.40. The largest absolute Gasteiger partial charge is 0.419 e. The lowest BCUT2D eigenvalue weighted by Crippen LogP contribution is -2.36. The zero-order valence-corrected chi connectivity index (χ0v) is 11.8. The molecule has 0 fully saturated rings. The van der Waals surface area contributed by atoms with Crippen molar-refractivity contribution in [2.24, 2.45) is 0 Å². The van der Waals surface area contributed by atoms with Gasteiger partial charge in [-0.25, -0.2) is 9.89 Å². The van der Waals surface area contributed by atoms with E-state index in [0.29, 0.717) is 31.4 Å². The molecule has 4 rings (SSSR count). The topological polar surface area (TPSA) is 92.8 Å². The van der Waals surface area contributed by atoms with Gasteiger partial charge in [0.15, 0.2) is 0 Å². The fourth-order valence-electron chi connectivity index (χ4n) is 2.37. The Morgan fingerprint density at radius 1 is 1.38 bits per heavy atom. The van der Waals surface area contributed by atoms with E-state index in [9.17, 15) is 4.79 Å². The van der Waals surface area contributed by atoms with Gasteiger partial charge in [0.05, 0.1) is 18.0 Å². The van der Waals surface area contributed by atoms with Crippen LogP contribution in [0.15, 0.2) is 26.7 Å². The maximum absolute atomic E-state index is 11.5. The monoisotopic (exact) mass is 304 g/mol. The first-order chi connectivity index (χ1) is 10.3. The summed E-state index contributed by atoms with van der Waals surface area (Å²) in [7, 11) is 0. The van der Waals surface area contributed by atoms with E-state index in [1.54, 1.807) is 15.9 Å². The Morgan fingerprint density at radius 2 is 2.33 bits per heavy atom. The molecular weight excluding hydrogens is 292 g/mol. The molecule has 0 bridgehead atoms. The van der Waals surface area contributed by atoms with Crippen LogP contribution in [0.3, 0.4) is 0 Å². The number of hydrogen-bond donors (Lipinski definition) is 1. The second-order valence-corrected chi connectivity index (χ2v) is 5.73. The van der Waals surface area contributed by atoms with Gasteiger partial charge in [0.1, 0.15) is 5.82 Å². The smallest absolute Gasteiger partial charge is 0.343 e. The van der Waals surface area contributed by atoms with Crippen LogP contribution in [0.1, 0.15) is 11.7 Å². The van der Waals surface area contributed by atoms with E-state index >= 15 is 0 Å². The van der Waals surface area contributed by atoms with Gasteiger partial charge in [0.25, 0.3) is 5.89 Å². The molecule has 0 saturated carbocycles. The maximum Gasteiger partial charge on any atom is 0.343 e. The summed E-state index contributed by atoms with van der Waals surface area (Å²) in [4.78, 5) is 14.5. The molecule has 0 amide bonds. The van der Waals surface area contributed by atoms with Crippen LogP contribution in [0.25, 0.3) is 10.8 Å². The van der Waals surface area contributed by atoms with E-state index < -0.39 is 0 Å². The van der Waals surface area contributed by atoms with Crippen LogP contribution >= 0.6 is 11.3 Å². The van der Waals surface area contributed by atoms with Crippen LogP contribution in [0.4, 0.5) is 0 Å². The minimum absolute atomic E-state index is 0.151. The number of fused-ring (bicyclic) bond motifs is 1. The second-order valence-electron chi connectivity index (χ2n) is 4.79. The third kappa shape index (κ3) is 2.30. The fraction of sp³-hybridized carbons (Fsp3) is 0.333. The van der Waals surface area contributed by atoms with Crippen LogP contribution in [0.5, 0.6) is 0 Å². The summed E-state index contributed by atoms with van der Waals surface area (Å²) in [6.45, 7) is 2.52. The summed E-state index contributed by atoms with van der Waals surface area (Å²) < 4.78 is 7.33. The van der Waals surface area contributed by atoms with Crippen LogP contribution in [0, 0.1) is 0 Å². The highest BCUT2D eigenvalue weighted by atomic mass is 32.1. The number of nitrogens with zero attached hydrogens (tertiary/aromatic N) is 5. The highest BCUT2D eigenvalue weighted by Crippen LogP contribution is 2.23. The number of H-pyrrole nitrogens is 1. The summed E-state index contributed by atoms with van der Waals surface area (Å²) in [6, 6.07) is 3.90. The van der Waals surface area contributed by atoms with E-state index in [0.717, 1.165) is 17.2 Å². The summed E-state index contributed by atoms with van der Waals surface area (Å²) in [5.74, 6) is 1.86. The maximum atomic E-state index is 11.5. The number of thiophene rings is 1.